The van der Waals surface area contributed by atoms with Gasteiger partial charge in [-0.15, -0.1) is 0 Å². The standard InChI is InChI=1S/C19H22N4O3/c1-12-15(13(2)26-22-12)11-17(24)21-18(19-20-9-10-23(19)3)14-7-5-6-8-16(14)25-4/h5-10,18H,11H2,1-4H3,(H,21,24). The Labute approximate surface area is 152 Å². The van der Waals surface area contributed by atoms with Crippen molar-refractivity contribution in [3.63, 3.8) is 0 Å². The Bertz CT molecular complexity index is 894. The molecule has 1 unspecified atom stereocenters. The van der Waals surface area contributed by atoms with Crippen LogP contribution in [0.5, 0.6) is 5.75 Å². The lowest BCUT2D eigenvalue weighted by Gasteiger charge is -2.21. The van der Waals surface area contributed by atoms with Crippen LogP contribution in [0.15, 0.2) is 41.2 Å². The van der Waals surface area contributed by atoms with Gasteiger partial charge < -0.3 is 19.1 Å². The molecule has 3 aromatic rings. The van der Waals surface area contributed by atoms with Crippen molar-refractivity contribution in [3.05, 3.63) is 65.1 Å². The van der Waals surface area contributed by atoms with Gasteiger partial charge >= 0.3 is 0 Å². The molecule has 26 heavy (non-hydrogen) atoms. The molecule has 0 saturated heterocycles. The van der Waals surface area contributed by atoms with E-state index >= 15 is 0 Å². The number of carbonyl (C=O) groups is 1. The molecule has 1 aromatic carbocycles. The number of aromatic nitrogens is 3. The van der Waals surface area contributed by atoms with E-state index in [4.69, 9.17) is 9.26 Å². The van der Waals surface area contributed by atoms with E-state index in [0.717, 1.165) is 22.6 Å². The van der Waals surface area contributed by atoms with Crippen molar-refractivity contribution in [2.75, 3.05) is 7.11 Å². The van der Waals surface area contributed by atoms with Gasteiger partial charge in [-0.25, -0.2) is 4.98 Å². The summed E-state index contributed by atoms with van der Waals surface area (Å²) in [7, 11) is 3.51. The summed E-state index contributed by atoms with van der Waals surface area (Å²) in [6.07, 6.45) is 3.74. The van der Waals surface area contributed by atoms with E-state index in [9.17, 15) is 4.79 Å². The summed E-state index contributed by atoms with van der Waals surface area (Å²) in [6, 6.07) is 7.16. The van der Waals surface area contributed by atoms with E-state index in [-0.39, 0.29) is 12.3 Å². The van der Waals surface area contributed by atoms with E-state index in [0.29, 0.717) is 11.5 Å². The predicted octanol–water partition coefficient (Wildman–Crippen LogP) is 2.48. The number of hydrogen-bond acceptors (Lipinski definition) is 5. The van der Waals surface area contributed by atoms with Crippen molar-refractivity contribution in [1.29, 1.82) is 0 Å². The molecule has 0 aliphatic carbocycles. The second kappa shape index (κ2) is 7.43. The number of nitrogens with zero attached hydrogens (tertiary/aromatic N) is 3. The zero-order chi connectivity index (χ0) is 18.7. The Balaban J connectivity index is 1.92. The van der Waals surface area contributed by atoms with Gasteiger partial charge in [0, 0.05) is 30.6 Å². The molecule has 1 amide bonds. The second-order valence-corrected chi connectivity index (χ2v) is 6.12. The molecule has 7 heteroatoms. The van der Waals surface area contributed by atoms with Crippen LogP contribution in [0.2, 0.25) is 0 Å². The summed E-state index contributed by atoms with van der Waals surface area (Å²) in [5.41, 5.74) is 2.38. The van der Waals surface area contributed by atoms with Gasteiger partial charge in [-0.3, -0.25) is 4.79 Å². The zero-order valence-corrected chi connectivity index (χ0v) is 15.3. The van der Waals surface area contributed by atoms with E-state index in [1.807, 2.05) is 49.0 Å². The number of para-hydroxylation sites is 1. The highest BCUT2D eigenvalue weighted by Gasteiger charge is 2.24. The van der Waals surface area contributed by atoms with Crippen LogP contribution >= 0.6 is 0 Å². The van der Waals surface area contributed by atoms with Crippen LogP contribution in [-0.4, -0.2) is 27.7 Å². The monoisotopic (exact) mass is 354 g/mol. The Morgan fingerprint density at radius 2 is 2.12 bits per heavy atom. The maximum atomic E-state index is 12.7. The summed E-state index contributed by atoms with van der Waals surface area (Å²) < 4.78 is 12.5. The highest BCUT2D eigenvalue weighted by atomic mass is 16.5. The number of ether oxygens (including phenoxy) is 1. The first-order valence-electron chi connectivity index (χ1n) is 8.32. The molecule has 0 aliphatic heterocycles. The number of amides is 1. The maximum Gasteiger partial charge on any atom is 0.225 e. The Morgan fingerprint density at radius 3 is 2.73 bits per heavy atom. The van der Waals surface area contributed by atoms with Crippen molar-refractivity contribution < 1.29 is 14.1 Å². The zero-order valence-electron chi connectivity index (χ0n) is 15.3. The molecule has 0 aliphatic rings. The third-order valence-corrected chi connectivity index (χ3v) is 4.39. The lowest BCUT2D eigenvalue weighted by atomic mass is 10.0. The first-order chi connectivity index (χ1) is 12.5. The molecule has 2 aromatic heterocycles. The lowest BCUT2D eigenvalue weighted by molar-refractivity contribution is -0.121. The normalized spacial score (nSPS) is 12.0. The molecule has 1 atom stereocenters. The van der Waals surface area contributed by atoms with Crippen LogP contribution in [0.25, 0.3) is 0 Å². The first kappa shape index (κ1) is 17.7. The largest absolute Gasteiger partial charge is 0.496 e. The van der Waals surface area contributed by atoms with Gasteiger partial charge in [0.15, 0.2) is 0 Å². The van der Waals surface area contributed by atoms with Crippen LogP contribution in [0, 0.1) is 13.8 Å². The minimum absolute atomic E-state index is 0.140. The quantitative estimate of drug-likeness (QED) is 0.735. The number of imidazole rings is 1. The molecule has 0 saturated carbocycles. The van der Waals surface area contributed by atoms with Crippen LogP contribution in [0.3, 0.4) is 0 Å². The molecule has 0 radical (unpaired) electrons. The number of aryl methyl sites for hydroxylation is 3. The highest BCUT2D eigenvalue weighted by molar-refractivity contribution is 5.80. The minimum Gasteiger partial charge on any atom is -0.496 e. The molecule has 0 bridgehead atoms. The van der Waals surface area contributed by atoms with Crippen LogP contribution in [0.1, 0.15) is 34.4 Å². The van der Waals surface area contributed by atoms with Crippen LogP contribution in [0.4, 0.5) is 0 Å². The summed E-state index contributed by atoms with van der Waals surface area (Å²) in [4.78, 5) is 17.2. The van der Waals surface area contributed by atoms with E-state index < -0.39 is 6.04 Å². The maximum absolute atomic E-state index is 12.7. The number of carbonyl (C=O) groups excluding carboxylic acids is 1. The van der Waals surface area contributed by atoms with E-state index in [1.165, 1.54) is 0 Å². The van der Waals surface area contributed by atoms with Crippen molar-refractivity contribution in [3.8, 4) is 5.75 Å². The Hall–Kier alpha value is -3.09. The fourth-order valence-electron chi connectivity index (χ4n) is 2.97. The van der Waals surface area contributed by atoms with Gasteiger partial charge in [-0.05, 0) is 19.9 Å². The molecule has 1 N–H and O–H groups in total. The van der Waals surface area contributed by atoms with Crippen molar-refractivity contribution in [1.82, 2.24) is 20.0 Å². The SMILES string of the molecule is COc1ccccc1C(NC(=O)Cc1c(C)noc1C)c1nccn1C. The molecular formula is C19H22N4O3. The average Bonchev–Trinajstić information content (AvgIpc) is 3.20. The van der Waals surface area contributed by atoms with E-state index in [2.05, 4.69) is 15.5 Å². The average molecular weight is 354 g/mol. The van der Waals surface area contributed by atoms with Gasteiger partial charge in [0.1, 0.15) is 23.4 Å². The van der Waals surface area contributed by atoms with Crippen molar-refractivity contribution in [2.24, 2.45) is 7.05 Å². The second-order valence-electron chi connectivity index (χ2n) is 6.12. The molecule has 0 fully saturated rings. The van der Waals surface area contributed by atoms with E-state index in [1.54, 1.807) is 20.2 Å². The fraction of sp³-hybridized carbons (Fsp3) is 0.316. The Kier molecular flexibility index (Phi) is 5.06. The van der Waals surface area contributed by atoms with Gasteiger partial charge in [0.2, 0.25) is 5.91 Å². The number of methoxy groups -OCH3 is 1. The lowest BCUT2D eigenvalue weighted by Crippen LogP contribution is -2.32. The van der Waals surface area contributed by atoms with Crippen LogP contribution in [-0.2, 0) is 18.3 Å². The predicted molar refractivity (Wildman–Crippen MR) is 95.9 cm³/mol. The molecule has 3 rings (SSSR count). The molecule has 136 valence electrons. The first-order valence-corrected chi connectivity index (χ1v) is 8.32. The van der Waals surface area contributed by atoms with Gasteiger partial charge in [-0.2, -0.15) is 0 Å². The summed E-state index contributed by atoms with van der Waals surface area (Å²) in [6.45, 7) is 3.63. The number of hydrogen-bond donors (Lipinski definition) is 1. The molecule has 2 heterocycles. The summed E-state index contributed by atoms with van der Waals surface area (Å²) in [5.74, 6) is 1.93. The smallest absolute Gasteiger partial charge is 0.225 e. The Morgan fingerprint density at radius 1 is 1.35 bits per heavy atom. The topological polar surface area (TPSA) is 82.2 Å². The van der Waals surface area contributed by atoms with Gasteiger partial charge in [0.05, 0.1) is 19.2 Å². The van der Waals surface area contributed by atoms with Crippen molar-refractivity contribution >= 4 is 5.91 Å². The molecule has 7 nitrogen and oxygen atoms in total. The fourth-order valence-corrected chi connectivity index (χ4v) is 2.97. The van der Waals surface area contributed by atoms with Crippen LogP contribution < -0.4 is 10.1 Å². The molecular weight excluding hydrogens is 332 g/mol. The highest BCUT2D eigenvalue weighted by Crippen LogP contribution is 2.29. The third-order valence-electron chi connectivity index (χ3n) is 4.39. The van der Waals surface area contributed by atoms with Gasteiger partial charge in [0.25, 0.3) is 0 Å². The molecule has 0 spiro atoms. The van der Waals surface area contributed by atoms with Crippen molar-refractivity contribution in [2.45, 2.75) is 26.3 Å². The number of rotatable bonds is 6. The summed E-state index contributed by atoms with van der Waals surface area (Å²) in [5, 5.41) is 6.98. The van der Waals surface area contributed by atoms with Gasteiger partial charge in [-0.1, -0.05) is 23.4 Å². The third kappa shape index (κ3) is 3.46. The number of nitrogens with one attached hydrogen (secondary N) is 1. The number of benzene rings is 1. The minimum atomic E-state index is -0.431. The summed E-state index contributed by atoms with van der Waals surface area (Å²) >= 11 is 0.